The topological polar surface area (TPSA) is 87.5 Å². The molecule has 0 N–H and O–H groups in total. The molecule has 0 saturated heterocycles. The van der Waals surface area contributed by atoms with Crippen molar-refractivity contribution in [3.8, 4) is 11.8 Å². The lowest BCUT2D eigenvalue weighted by atomic mass is 10.1. The van der Waals surface area contributed by atoms with E-state index in [-0.39, 0.29) is 16.2 Å². The summed E-state index contributed by atoms with van der Waals surface area (Å²) in [5.74, 6) is -0.532. The number of anilines is 1. The Morgan fingerprint density at radius 1 is 1.06 bits per heavy atom. The van der Waals surface area contributed by atoms with E-state index in [4.69, 9.17) is 16.3 Å². The van der Waals surface area contributed by atoms with Crippen LogP contribution in [0.25, 0.3) is 6.08 Å². The normalized spacial score (nSPS) is 11.5. The highest BCUT2D eigenvalue weighted by Crippen LogP contribution is 2.29. The second-order valence-electron chi connectivity index (χ2n) is 7.71. The van der Waals surface area contributed by atoms with E-state index in [1.54, 1.807) is 48.5 Å². The van der Waals surface area contributed by atoms with Crippen molar-refractivity contribution in [2.24, 2.45) is 0 Å². The molecule has 6 nitrogen and oxygen atoms in total. The fourth-order valence-corrected chi connectivity index (χ4v) is 4.98. The molecule has 35 heavy (non-hydrogen) atoms. The molecule has 0 radical (unpaired) electrons. The molecule has 3 aromatic carbocycles. The van der Waals surface area contributed by atoms with Crippen LogP contribution in [0.1, 0.15) is 30.9 Å². The molecule has 0 fully saturated rings. The number of methoxy groups -OCH3 is 1. The van der Waals surface area contributed by atoms with Gasteiger partial charge in [-0.25, -0.2) is 8.42 Å². The smallest absolute Gasteiger partial charge is 0.282 e. The van der Waals surface area contributed by atoms with Crippen molar-refractivity contribution in [2.75, 3.05) is 11.4 Å². The summed E-state index contributed by atoms with van der Waals surface area (Å²) in [5.41, 5.74) is 1.27. The molecule has 180 valence electrons. The summed E-state index contributed by atoms with van der Waals surface area (Å²) in [6, 6.07) is 20.9. The minimum Gasteiger partial charge on any atom is -0.496 e. The van der Waals surface area contributed by atoms with Crippen LogP contribution in [0.2, 0.25) is 5.02 Å². The third-order valence-electron chi connectivity index (χ3n) is 5.32. The van der Waals surface area contributed by atoms with Crippen LogP contribution < -0.4 is 9.04 Å². The van der Waals surface area contributed by atoms with Gasteiger partial charge < -0.3 is 4.74 Å². The van der Waals surface area contributed by atoms with Crippen LogP contribution in [0.4, 0.5) is 5.69 Å². The SMILES string of the molecule is CCCCc1ccc(N(C(=O)/C(C#N)=C/c2ccccc2OC)S(=O)(=O)c2ccc(Cl)cc2)cc1. The summed E-state index contributed by atoms with van der Waals surface area (Å²) >= 11 is 5.93. The fraction of sp³-hybridized carbons (Fsp3) is 0.185. The highest BCUT2D eigenvalue weighted by atomic mass is 35.5. The average molecular weight is 509 g/mol. The Bertz CT molecular complexity index is 1360. The Kier molecular flexibility index (Phi) is 8.69. The third-order valence-corrected chi connectivity index (χ3v) is 7.29. The number of ether oxygens (including phenoxy) is 1. The van der Waals surface area contributed by atoms with Crippen LogP contribution >= 0.6 is 11.6 Å². The minimum absolute atomic E-state index is 0.125. The monoisotopic (exact) mass is 508 g/mol. The molecule has 0 aromatic heterocycles. The van der Waals surface area contributed by atoms with Crippen molar-refractivity contribution < 1.29 is 17.9 Å². The Labute approximate surface area is 211 Å². The molecule has 0 bridgehead atoms. The number of nitriles is 1. The Balaban J connectivity index is 2.13. The average Bonchev–Trinajstić information content (AvgIpc) is 2.87. The maximum absolute atomic E-state index is 13.6. The van der Waals surface area contributed by atoms with Crippen LogP contribution in [-0.4, -0.2) is 21.4 Å². The Morgan fingerprint density at radius 3 is 2.31 bits per heavy atom. The first-order valence-corrected chi connectivity index (χ1v) is 12.8. The number of amides is 1. The van der Waals surface area contributed by atoms with Crippen LogP contribution in [0.3, 0.4) is 0 Å². The van der Waals surface area contributed by atoms with E-state index in [0.717, 1.165) is 24.8 Å². The molecular weight excluding hydrogens is 484 g/mol. The lowest BCUT2D eigenvalue weighted by Gasteiger charge is -2.23. The molecule has 0 aliphatic rings. The second kappa shape index (κ2) is 11.7. The molecular formula is C27H25ClN2O4S. The lowest BCUT2D eigenvalue weighted by Crippen LogP contribution is -2.37. The summed E-state index contributed by atoms with van der Waals surface area (Å²) in [6.45, 7) is 2.09. The van der Waals surface area contributed by atoms with Crippen LogP contribution in [0.5, 0.6) is 5.75 Å². The zero-order valence-electron chi connectivity index (χ0n) is 19.4. The van der Waals surface area contributed by atoms with E-state index in [0.29, 0.717) is 20.6 Å². The number of carbonyl (C=O) groups excluding carboxylic acids is 1. The van der Waals surface area contributed by atoms with Gasteiger partial charge in [-0.1, -0.05) is 55.3 Å². The molecule has 3 aromatic rings. The van der Waals surface area contributed by atoms with Crippen LogP contribution in [0.15, 0.2) is 83.3 Å². The number of nitrogens with zero attached hydrogens (tertiary/aromatic N) is 2. The van der Waals surface area contributed by atoms with Gasteiger partial charge in [0.2, 0.25) is 0 Å². The van der Waals surface area contributed by atoms with Crippen molar-refractivity contribution in [3.05, 3.63) is 94.5 Å². The number of unbranched alkanes of at least 4 members (excludes halogenated alkanes) is 1. The summed E-state index contributed by atoms with van der Waals surface area (Å²) in [5, 5.41) is 10.2. The first-order valence-electron chi connectivity index (χ1n) is 11.0. The van der Waals surface area contributed by atoms with Gasteiger partial charge in [0.05, 0.1) is 17.7 Å². The van der Waals surface area contributed by atoms with Gasteiger partial charge >= 0.3 is 0 Å². The number of carbonyl (C=O) groups is 1. The van der Waals surface area contributed by atoms with Gasteiger partial charge in [-0.15, -0.1) is 0 Å². The molecule has 0 unspecified atom stereocenters. The van der Waals surface area contributed by atoms with Gasteiger partial charge in [0.15, 0.2) is 0 Å². The van der Waals surface area contributed by atoms with Gasteiger partial charge in [0.1, 0.15) is 17.4 Å². The Hall–Kier alpha value is -3.60. The first-order chi connectivity index (χ1) is 16.8. The quantitative estimate of drug-likeness (QED) is 0.260. The van der Waals surface area contributed by atoms with Crippen LogP contribution in [-0.2, 0) is 21.2 Å². The maximum Gasteiger partial charge on any atom is 0.282 e. The van der Waals surface area contributed by atoms with Gasteiger partial charge in [-0.05, 0) is 66.9 Å². The van der Waals surface area contributed by atoms with E-state index in [1.807, 2.05) is 6.07 Å². The van der Waals surface area contributed by atoms with Crippen molar-refractivity contribution in [1.29, 1.82) is 5.26 Å². The van der Waals surface area contributed by atoms with E-state index in [1.165, 1.54) is 37.5 Å². The highest BCUT2D eigenvalue weighted by molar-refractivity contribution is 7.93. The molecule has 0 saturated carbocycles. The number of hydrogen-bond acceptors (Lipinski definition) is 5. The van der Waals surface area contributed by atoms with Crippen molar-refractivity contribution in [1.82, 2.24) is 0 Å². The zero-order valence-corrected chi connectivity index (χ0v) is 21.0. The number of rotatable bonds is 9. The summed E-state index contributed by atoms with van der Waals surface area (Å²) < 4.78 is 33.2. The Morgan fingerprint density at radius 2 is 1.71 bits per heavy atom. The molecule has 8 heteroatoms. The summed E-state index contributed by atoms with van der Waals surface area (Å²) in [4.78, 5) is 13.5. The molecule has 0 atom stereocenters. The van der Waals surface area contributed by atoms with E-state index in [2.05, 4.69) is 6.92 Å². The zero-order chi connectivity index (χ0) is 25.4. The van der Waals surface area contributed by atoms with E-state index >= 15 is 0 Å². The molecule has 0 spiro atoms. The molecule has 0 aliphatic heterocycles. The van der Waals surface area contributed by atoms with Crippen molar-refractivity contribution in [3.63, 3.8) is 0 Å². The van der Waals surface area contributed by atoms with Crippen LogP contribution in [0, 0.1) is 11.3 Å². The summed E-state index contributed by atoms with van der Waals surface area (Å²) in [7, 11) is -2.89. The first kappa shape index (κ1) is 26.0. The fourth-order valence-electron chi connectivity index (χ4n) is 3.45. The number of para-hydroxylation sites is 1. The number of halogens is 1. The number of aryl methyl sites for hydroxylation is 1. The number of hydrogen-bond donors (Lipinski definition) is 0. The second-order valence-corrected chi connectivity index (χ2v) is 9.93. The molecule has 0 aliphatic carbocycles. The predicted molar refractivity (Wildman–Crippen MR) is 138 cm³/mol. The van der Waals surface area contributed by atoms with Gasteiger partial charge in [0, 0.05) is 10.6 Å². The van der Waals surface area contributed by atoms with Gasteiger partial charge in [0.25, 0.3) is 15.9 Å². The molecule has 3 rings (SSSR count). The maximum atomic E-state index is 13.6. The van der Waals surface area contributed by atoms with Gasteiger partial charge in [-0.3, -0.25) is 4.79 Å². The predicted octanol–water partition coefficient (Wildman–Crippen LogP) is 6.02. The van der Waals surface area contributed by atoms with Crippen molar-refractivity contribution in [2.45, 2.75) is 31.1 Å². The molecule has 1 amide bonds. The summed E-state index contributed by atoms with van der Waals surface area (Å²) in [6.07, 6.45) is 4.18. The largest absolute Gasteiger partial charge is 0.496 e. The van der Waals surface area contributed by atoms with E-state index < -0.39 is 15.9 Å². The highest BCUT2D eigenvalue weighted by Gasteiger charge is 2.33. The number of benzene rings is 3. The number of sulfonamides is 1. The lowest BCUT2D eigenvalue weighted by molar-refractivity contribution is -0.113. The third kappa shape index (κ3) is 6.10. The van der Waals surface area contributed by atoms with Gasteiger partial charge in [-0.2, -0.15) is 9.57 Å². The van der Waals surface area contributed by atoms with E-state index in [9.17, 15) is 18.5 Å². The standard InChI is InChI=1S/C27H25ClN2O4S/c1-3-4-7-20-10-14-24(15-11-20)30(35(32,33)25-16-12-23(28)13-17-25)27(31)22(19-29)18-21-8-5-6-9-26(21)34-2/h5-6,8-18H,3-4,7H2,1-2H3/b22-18+. The molecule has 0 heterocycles. The minimum atomic E-state index is -4.36. The van der Waals surface area contributed by atoms with Crippen molar-refractivity contribution >= 4 is 39.3 Å².